The molecule has 1 heterocycles. The molecule has 0 aliphatic heterocycles. The first kappa shape index (κ1) is 22.6. The molecule has 0 saturated carbocycles. The number of rotatable bonds is 6. The molecule has 2 rings (SSSR count). The molecule has 26 heavy (non-hydrogen) atoms. The second-order valence-corrected chi connectivity index (χ2v) is 6.03. The minimum absolute atomic E-state index is 0. The third kappa shape index (κ3) is 7.06. The second kappa shape index (κ2) is 10.7. The number of guanidine groups is 1. The number of nitrogens with one attached hydrogen (secondary N) is 2. The van der Waals surface area contributed by atoms with Gasteiger partial charge in [-0.2, -0.15) is 13.2 Å². The number of hydrogen-bond acceptors (Lipinski definition) is 3. The first-order valence-electron chi connectivity index (χ1n) is 7.67. The zero-order chi connectivity index (χ0) is 18.3. The molecule has 0 atom stereocenters. The Morgan fingerprint density at radius 1 is 1.23 bits per heavy atom. The molecule has 0 unspecified atom stereocenters. The van der Waals surface area contributed by atoms with Crippen molar-refractivity contribution in [2.45, 2.75) is 26.1 Å². The van der Waals surface area contributed by atoms with Crippen molar-refractivity contribution in [1.29, 1.82) is 0 Å². The second-order valence-electron chi connectivity index (χ2n) is 5.09. The lowest BCUT2D eigenvalue weighted by Gasteiger charge is -2.10. The highest BCUT2D eigenvalue weighted by molar-refractivity contribution is 14.0. The first-order valence-corrected chi connectivity index (χ1v) is 8.55. The van der Waals surface area contributed by atoms with Gasteiger partial charge < -0.3 is 10.6 Å². The molecule has 0 fully saturated rings. The van der Waals surface area contributed by atoms with Gasteiger partial charge in [0.2, 0.25) is 0 Å². The first-order chi connectivity index (χ1) is 11.9. The Morgan fingerprint density at radius 2 is 1.96 bits per heavy atom. The Kier molecular flexibility index (Phi) is 9.27. The maximum Gasteiger partial charge on any atom is 0.434 e. The summed E-state index contributed by atoms with van der Waals surface area (Å²) in [7, 11) is 0. The standard InChI is InChI=1S/C16H18F4N4S.HI/c1-2-21-15(23-9-11-5-3-4-6-12(11)17)22-8-7-14-24-13(10-25-14)16(18,19)20;/h3-6,10H,2,7-9H2,1H3,(H2,21,22,23);1H. The van der Waals surface area contributed by atoms with Gasteiger partial charge in [-0.15, -0.1) is 35.3 Å². The number of halogens is 5. The Morgan fingerprint density at radius 3 is 2.58 bits per heavy atom. The van der Waals surface area contributed by atoms with Gasteiger partial charge in [-0.25, -0.2) is 14.4 Å². The van der Waals surface area contributed by atoms with Crippen molar-refractivity contribution in [1.82, 2.24) is 15.6 Å². The molecule has 0 bridgehead atoms. The minimum atomic E-state index is -4.42. The number of nitrogens with zero attached hydrogens (tertiary/aromatic N) is 2. The summed E-state index contributed by atoms with van der Waals surface area (Å²) in [4.78, 5) is 7.85. The van der Waals surface area contributed by atoms with Crippen molar-refractivity contribution in [2.24, 2.45) is 4.99 Å². The molecule has 2 aromatic rings. The van der Waals surface area contributed by atoms with Crippen molar-refractivity contribution >= 4 is 41.3 Å². The van der Waals surface area contributed by atoms with Crippen LogP contribution in [0.2, 0.25) is 0 Å². The van der Waals surface area contributed by atoms with Crippen molar-refractivity contribution in [3.05, 3.63) is 51.7 Å². The normalized spacial score (nSPS) is 11.8. The van der Waals surface area contributed by atoms with Crippen LogP contribution in [0.4, 0.5) is 17.6 Å². The Hall–Kier alpha value is -1.43. The Balaban J connectivity index is 0.00000338. The summed E-state index contributed by atoms with van der Waals surface area (Å²) in [6.07, 6.45) is -4.08. The molecule has 144 valence electrons. The fourth-order valence-corrected chi connectivity index (χ4v) is 2.78. The topological polar surface area (TPSA) is 49.3 Å². The van der Waals surface area contributed by atoms with Gasteiger partial charge in [-0.1, -0.05) is 18.2 Å². The molecular formula is C16H19F4IN4S. The van der Waals surface area contributed by atoms with E-state index in [1.165, 1.54) is 6.07 Å². The van der Waals surface area contributed by atoms with E-state index in [9.17, 15) is 17.6 Å². The summed E-state index contributed by atoms with van der Waals surface area (Å²) in [6.45, 7) is 3.03. The van der Waals surface area contributed by atoms with Gasteiger partial charge in [-0.05, 0) is 13.0 Å². The van der Waals surface area contributed by atoms with Crippen LogP contribution in [0.25, 0.3) is 0 Å². The molecule has 0 radical (unpaired) electrons. The summed E-state index contributed by atoms with van der Waals surface area (Å²) in [5.74, 6) is 0.142. The van der Waals surface area contributed by atoms with Crippen LogP contribution in [0, 0.1) is 5.82 Å². The zero-order valence-electron chi connectivity index (χ0n) is 13.9. The van der Waals surface area contributed by atoms with E-state index in [2.05, 4.69) is 20.6 Å². The van der Waals surface area contributed by atoms with E-state index in [-0.39, 0.29) is 36.3 Å². The summed E-state index contributed by atoms with van der Waals surface area (Å²) >= 11 is 0.973. The summed E-state index contributed by atoms with van der Waals surface area (Å²) < 4.78 is 51.1. The van der Waals surface area contributed by atoms with Crippen LogP contribution >= 0.6 is 35.3 Å². The molecule has 0 saturated heterocycles. The molecule has 1 aromatic carbocycles. The van der Waals surface area contributed by atoms with E-state index in [4.69, 9.17) is 0 Å². The van der Waals surface area contributed by atoms with Gasteiger partial charge in [0.15, 0.2) is 11.7 Å². The number of aliphatic imine (C=N–C) groups is 1. The smallest absolute Gasteiger partial charge is 0.357 e. The lowest BCUT2D eigenvalue weighted by atomic mass is 10.2. The van der Waals surface area contributed by atoms with E-state index in [0.29, 0.717) is 36.0 Å². The quantitative estimate of drug-likeness (QED) is 0.269. The molecule has 0 aliphatic rings. The minimum Gasteiger partial charge on any atom is -0.357 e. The van der Waals surface area contributed by atoms with Gasteiger partial charge in [0.25, 0.3) is 0 Å². The zero-order valence-corrected chi connectivity index (χ0v) is 17.1. The molecule has 2 N–H and O–H groups in total. The molecule has 10 heteroatoms. The van der Waals surface area contributed by atoms with Gasteiger partial charge in [0.1, 0.15) is 5.82 Å². The molecule has 4 nitrogen and oxygen atoms in total. The number of benzene rings is 1. The molecule has 0 spiro atoms. The maximum absolute atomic E-state index is 13.6. The average molecular weight is 502 g/mol. The summed E-state index contributed by atoms with van der Waals surface area (Å²) in [5.41, 5.74) is -0.401. The molecule has 0 amide bonds. The van der Waals surface area contributed by atoms with Crippen LogP contribution < -0.4 is 10.6 Å². The van der Waals surface area contributed by atoms with E-state index < -0.39 is 11.9 Å². The monoisotopic (exact) mass is 502 g/mol. The largest absolute Gasteiger partial charge is 0.434 e. The SMILES string of the molecule is CCNC(=NCc1ccccc1F)NCCc1nc(C(F)(F)F)cs1.I. The highest BCUT2D eigenvalue weighted by atomic mass is 127. The number of aromatic nitrogens is 1. The van der Waals surface area contributed by atoms with E-state index in [1.807, 2.05) is 6.92 Å². The van der Waals surface area contributed by atoms with Gasteiger partial charge >= 0.3 is 6.18 Å². The van der Waals surface area contributed by atoms with E-state index >= 15 is 0 Å². The fraction of sp³-hybridized carbons (Fsp3) is 0.375. The van der Waals surface area contributed by atoms with Crippen LogP contribution in [0.5, 0.6) is 0 Å². The summed E-state index contributed by atoms with van der Waals surface area (Å²) in [5, 5.41) is 7.42. The van der Waals surface area contributed by atoms with Crippen LogP contribution in [-0.2, 0) is 19.1 Å². The van der Waals surface area contributed by atoms with Crippen molar-refractivity contribution in [3.8, 4) is 0 Å². The van der Waals surface area contributed by atoms with Gasteiger partial charge in [0.05, 0.1) is 11.6 Å². The van der Waals surface area contributed by atoms with Crippen molar-refractivity contribution in [2.75, 3.05) is 13.1 Å². The van der Waals surface area contributed by atoms with E-state index in [1.54, 1.807) is 18.2 Å². The van der Waals surface area contributed by atoms with Crippen LogP contribution in [0.1, 0.15) is 23.2 Å². The lowest BCUT2D eigenvalue weighted by Crippen LogP contribution is -2.38. The predicted molar refractivity (Wildman–Crippen MR) is 105 cm³/mol. The van der Waals surface area contributed by atoms with Gasteiger partial charge in [0, 0.05) is 30.5 Å². The highest BCUT2D eigenvalue weighted by Gasteiger charge is 2.33. The molecule has 1 aromatic heterocycles. The number of alkyl halides is 3. The number of hydrogen-bond donors (Lipinski definition) is 2. The third-order valence-electron chi connectivity index (χ3n) is 3.18. The maximum atomic E-state index is 13.6. The Labute approximate surface area is 170 Å². The van der Waals surface area contributed by atoms with Crippen LogP contribution in [0.3, 0.4) is 0 Å². The Bertz CT molecular complexity index is 718. The molecule has 0 aliphatic carbocycles. The predicted octanol–water partition coefficient (Wildman–Crippen LogP) is 4.22. The van der Waals surface area contributed by atoms with Crippen LogP contribution in [0.15, 0.2) is 34.6 Å². The fourth-order valence-electron chi connectivity index (χ4n) is 1.98. The van der Waals surface area contributed by atoms with Crippen molar-refractivity contribution in [3.63, 3.8) is 0 Å². The summed E-state index contributed by atoms with van der Waals surface area (Å²) in [6, 6.07) is 6.35. The molecular weight excluding hydrogens is 483 g/mol. The third-order valence-corrected chi connectivity index (χ3v) is 4.09. The van der Waals surface area contributed by atoms with Crippen molar-refractivity contribution < 1.29 is 17.6 Å². The van der Waals surface area contributed by atoms with E-state index in [0.717, 1.165) is 16.7 Å². The highest BCUT2D eigenvalue weighted by Crippen LogP contribution is 2.29. The lowest BCUT2D eigenvalue weighted by molar-refractivity contribution is -0.140. The van der Waals surface area contributed by atoms with Gasteiger partial charge in [-0.3, -0.25) is 0 Å². The van der Waals surface area contributed by atoms with Crippen LogP contribution in [-0.4, -0.2) is 24.0 Å². The number of thiazole rings is 1. The average Bonchev–Trinajstić information content (AvgIpc) is 3.03.